The summed E-state index contributed by atoms with van der Waals surface area (Å²) in [7, 11) is 0. The molecule has 1 saturated heterocycles. The maximum atomic E-state index is 12.3. The lowest BCUT2D eigenvalue weighted by molar-refractivity contribution is -0.126. The molecule has 1 aliphatic rings. The monoisotopic (exact) mass is 247 g/mol. The van der Waals surface area contributed by atoms with E-state index in [1.54, 1.807) is 0 Å². The van der Waals surface area contributed by atoms with Crippen LogP contribution in [0, 0.1) is 13.8 Å². The SMILES string of the molecule is Cc1ccc(CC(=O)C2(N)CCOCC2)cc1C. The van der Waals surface area contributed by atoms with Gasteiger partial charge >= 0.3 is 0 Å². The van der Waals surface area contributed by atoms with Gasteiger partial charge in [0.2, 0.25) is 0 Å². The number of hydrogen-bond donors (Lipinski definition) is 1. The molecule has 0 spiro atoms. The summed E-state index contributed by atoms with van der Waals surface area (Å²) in [6.45, 7) is 5.32. The number of rotatable bonds is 3. The van der Waals surface area contributed by atoms with Crippen LogP contribution < -0.4 is 5.73 Å². The minimum Gasteiger partial charge on any atom is -0.381 e. The second kappa shape index (κ2) is 5.21. The molecule has 0 aromatic heterocycles. The van der Waals surface area contributed by atoms with Crippen LogP contribution in [-0.2, 0) is 16.0 Å². The highest BCUT2D eigenvalue weighted by Gasteiger charge is 2.35. The van der Waals surface area contributed by atoms with Crippen molar-refractivity contribution < 1.29 is 9.53 Å². The Kier molecular flexibility index (Phi) is 3.83. The van der Waals surface area contributed by atoms with E-state index in [9.17, 15) is 4.79 Å². The zero-order chi connectivity index (χ0) is 13.2. The van der Waals surface area contributed by atoms with Crippen molar-refractivity contribution in [3.63, 3.8) is 0 Å². The number of nitrogens with two attached hydrogens (primary N) is 1. The van der Waals surface area contributed by atoms with E-state index in [-0.39, 0.29) is 5.78 Å². The van der Waals surface area contributed by atoms with Crippen LogP contribution in [0.2, 0.25) is 0 Å². The van der Waals surface area contributed by atoms with Crippen molar-refractivity contribution in [1.82, 2.24) is 0 Å². The summed E-state index contributed by atoms with van der Waals surface area (Å²) in [6, 6.07) is 6.16. The molecule has 1 aromatic rings. The van der Waals surface area contributed by atoms with E-state index in [2.05, 4.69) is 26.0 Å². The molecule has 2 rings (SSSR count). The largest absolute Gasteiger partial charge is 0.381 e. The lowest BCUT2D eigenvalue weighted by Crippen LogP contribution is -2.52. The first-order valence-electron chi connectivity index (χ1n) is 6.47. The van der Waals surface area contributed by atoms with Crippen LogP contribution in [0.5, 0.6) is 0 Å². The number of hydrogen-bond acceptors (Lipinski definition) is 3. The number of carbonyl (C=O) groups is 1. The molecule has 0 unspecified atom stereocenters. The Morgan fingerprint density at radius 2 is 1.94 bits per heavy atom. The predicted octanol–water partition coefficient (Wildman–Crippen LogP) is 1.92. The highest BCUT2D eigenvalue weighted by atomic mass is 16.5. The van der Waals surface area contributed by atoms with Gasteiger partial charge in [-0.05, 0) is 43.4 Å². The van der Waals surface area contributed by atoms with Gasteiger partial charge in [-0.1, -0.05) is 18.2 Å². The molecule has 1 aliphatic heterocycles. The average molecular weight is 247 g/mol. The molecule has 0 atom stereocenters. The molecule has 18 heavy (non-hydrogen) atoms. The lowest BCUT2D eigenvalue weighted by Gasteiger charge is -2.31. The Labute approximate surface area is 108 Å². The number of carbonyl (C=O) groups excluding carboxylic acids is 1. The third-order valence-corrected chi connectivity index (χ3v) is 3.88. The van der Waals surface area contributed by atoms with Gasteiger partial charge in [0.15, 0.2) is 5.78 Å². The smallest absolute Gasteiger partial charge is 0.157 e. The normalized spacial score (nSPS) is 18.6. The van der Waals surface area contributed by atoms with Gasteiger partial charge in [-0.25, -0.2) is 0 Å². The first-order valence-corrected chi connectivity index (χ1v) is 6.47. The summed E-state index contributed by atoms with van der Waals surface area (Å²) in [5.74, 6) is 0.133. The van der Waals surface area contributed by atoms with E-state index in [1.807, 2.05) is 6.07 Å². The zero-order valence-corrected chi connectivity index (χ0v) is 11.2. The Hall–Kier alpha value is -1.19. The first kappa shape index (κ1) is 13.2. The van der Waals surface area contributed by atoms with E-state index in [0.29, 0.717) is 32.5 Å². The van der Waals surface area contributed by atoms with Crippen molar-refractivity contribution in [3.05, 3.63) is 34.9 Å². The zero-order valence-electron chi connectivity index (χ0n) is 11.2. The number of Topliss-reactive ketones (excluding diaryl/α,β-unsaturated/α-hetero) is 1. The molecule has 0 bridgehead atoms. The van der Waals surface area contributed by atoms with Gasteiger partial charge in [-0.15, -0.1) is 0 Å². The first-order chi connectivity index (χ1) is 8.51. The van der Waals surface area contributed by atoms with Gasteiger partial charge in [0.05, 0.1) is 5.54 Å². The molecule has 0 aliphatic carbocycles. The predicted molar refractivity (Wildman–Crippen MR) is 71.6 cm³/mol. The maximum absolute atomic E-state index is 12.3. The molecule has 98 valence electrons. The number of ketones is 1. The van der Waals surface area contributed by atoms with Gasteiger partial charge in [0.25, 0.3) is 0 Å². The standard InChI is InChI=1S/C15H21NO2/c1-11-3-4-13(9-12(11)2)10-14(17)15(16)5-7-18-8-6-15/h3-4,9H,5-8,10,16H2,1-2H3. The summed E-state index contributed by atoms with van der Waals surface area (Å²) in [5.41, 5.74) is 9.03. The molecule has 1 fully saturated rings. The molecule has 0 radical (unpaired) electrons. The quantitative estimate of drug-likeness (QED) is 0.888. The van der Waals surface area contributed by atoms with Crippen LogP contribution in [-0.4, -0.2) is 24.5 Å². The van der Waals surface area contributed by atoms with E-state index in [0.717, 1.165) is 5.56 Å². The lowest BCUT2D eigenvalue weighted by atomic mass is 9.84. The van der Waals surface area contributed by atoms with Crippen molar-refractivity contribution in [1.29, 1.82) is 0 Å². The minimum absolute atomic E-state index is 0.133. The van der Waals surface area contributed by atoms with Crippen molar-refractivity contribution in [2.45, 2.75) is 38.6 Å². The second-order valence-electron chi connectivity index (χ2n) is 5.29. The van der Waals surface area contributed by atoms with Crippen molar-refractivity contribution in [2.75, 3.05) is 13.2 Å². The molecule has 3 nitrogen and oxygen atoms in total. The Morgan fingerprint density at radius 3 is 2.56 bits per heavy atom. The maximum Gasteiger partial charge on any atom is 0.157 e. The third-order valence-electron chi connectivity index (χ3n) is 3.88. The van der Waals surface area contributed by atoms with Crippen LogP contribution >= 0.6 is 0 Å². The van der Waals surface area contributed by atoms with E-state index < -0.39 is 5.54 Å². The van der Waals surface area contributed by atoms with Crippen molar-refractivity contribution in [3.8, 4) is 0 Å². The van der Waals surface area contributed by atoms with Gasteiger partial charge < -0.3 is 10.5 Å². The van der Waals surface area contributed by atoms with Gasteiger partial charge in [0, 0.05) is 19.6 Å². The molecule has 3 heteroatoms. The summed E-state index contributed by atoms with van der Waals surface area (Å²) in [5, 5.41) is 0. The van der Waals surface area contributed by atoms with Crippen molar-refractivity contribution in [2.24, 2.45) is 5.73 Å². The molecule has 1 heterocycles. The van der Waals surface area contributed by atoms with Crippen LogP contribution in [0.15, 0.2) is 18.2 Å². The number of ether oxygens (including phenoxy) is 1. The Balaban J connectivity index is 2.08. The van der Waals surface area contributed by atoms with Crippen LogP contribution in [0.4, 0.5) is 0 Å². The van der Waals surface area contributed by atoms with Gasteiger partial charge in [0.1, 0.15) is 0 Å². The van der Waals surface area contributed by atoms with Crippen LogP contribution in [0.3, 0.4) is 0 Å². The molecule has 0 amide bonds. The number of aryl methyl sites for hydroxylation is 2. The molecular weight excluding hydrogens is 226 g/mol. The fourth-order valence-corrected chi connectivity index (χ4v) is 2.29. The van der Waals surface area contributed by atoms with E-state index >= 15 is 0 Å². The molecule has 0 saturated carbocycles. The molecule has 1 aromatic carbocycles. The van der Waals surface area contributed by atoms with Gasteiger partial charge in [-0.3, -0.25) is 4.79 Å². The topological polar surface area (TPSA) is 52.3 Å². The molecular formula is C15H21NO2. The fourth-order valence-electron chi connectivity index (χ4n) is 2.29. The average Bonchev–Trinajstić information content (AvgIpc) is 2.35. The second-order valence-corrected chi connectivity index (χ2v) is 5.29. The van der Waals surface area contributed by atoms with Gasteiger partial charge in [-0.2, -0.15) is 0 Å². The Bertz CT molecular complexity index is 448. The molecule has 2 N–H and O–H groups in total. The van der Waals surface area contributed by atoms with E-state index in [4.69, 9.17) is 10.5 Å². The van der Waals surface area contributed by atoms with Crippen LogP contribution in [0.25, 0.3) is 0 Å². The third kappa shape index (κ3) is 2.79. The summed E-state index contributed by atoms with van der Waals surface area (Å²) < 4.78 is 5.27. The fraction of sp³-hybridized carbons (Fsp3) is 0.533. The summed E-state index contributed by atoms with van der Waals surface area (Å²) in [6.07, 6.45) is 1.70. The van der Waals surface area contributed by atoms with Crippen molar-refractivity contribution >= 4 is 5.78 Å². The summed E-state index contributed by atoms with van der Waals surface area (Å²) in [4.78, 5) is 12.3. The number of benzene rings is 1. The van der Waals surface area contributed by atoms with Crippen LogP contribution in [0.1, 0.15) is 29.5 Å². The minimum atomic E-state index is -0.683. The highest BCUT2D eigenvalue weighted by molar-refractivity contribution is 5.90. The summed E-state index contributed by atoms with van der Waals surface area (Å²) >= 11 is 0. The van der Waals surface area contributed by atoms with E-state index in [1.165, 1.54) is 11.1 Å². The highest BCUT2D eigenvalue weighted by Crippen LogP contribution is 2.21. The Morgan fingerprint density at radius 1 is 1.28 bits per heavy atom.